The van der Waals surface area contributed by atoms with E-state index in [2.05, 4.69) is 30.8 Å². The number of aromatic amines is 1. The SMILES string of the molecule is Cc1n[nH]c(C)c1-c1ccc(NC(=O)CC2C3C=CC(F)=CC3OCC23CC3CC(C)c2nonc2C(N)=O)cn1. The van der Waals surface area contributed by atoms with Crippen LogP contribution in [0.5, 0.6) is 0 Å². The predicted octanol–water partition coefficient (Wildman–Crippen LogP) is 4.15. The summed E-state index contributed by atoms with van der Waals surface area (Å²) in [5, 5.41) is 17.8. The van der Waals surface area contributed by atoms with Crippen LogP contribution in [0, 0.1) is 37.0 Å². The van der Waals surface area contributed by atoms with Gasteiger partial charge in [0, 0.05) is 34.9 Å². The van der Waals surface area contributed by atoms with Crippen LogP contribution in [-0.4, -0.2) is 50.0 Å². The fourth-order valence-corrected chi connectivity index (χ4v) is 6.77. The van der Waals surface area contributed by atoms with Gasteiger partial charge in [-0.2, -0.15) is 5.10 Å². The molecule has 1 spiro atoms. The van der Waals surface area contributed by atoms with E-state index in [-0.39, 0.29) is 52.9 Å². The number of amides is 2. The molecule has 0 aromatic carbocycles. The third-order valence-corrected chi connectivity index (χ3v) is 8.90. The molecule has 1 aliphatic heterocycles. The first-order valence-corrected chi connectivity index (χ1v) is 13.7. The summed E-state index contributed by atoms with van der Waals surface area (Å²) in [6.07, 6.45) is 7.78. The van der Waals surface area contributed by atoms with E-state index in [1.54, 1.807) is 6.20 Å². The second kappa shape index (κ2) is 10.3. The average molecular weight is 562 g/mol. The van der Waals surface area contributed by atoms with Crippen LogP contribution in [0.4, 0.5) is 10.1 Å². The van der Waals surface area contributed by atoms with Gasteiger partial charge in [-0.3, -0.25) is 19.7 Å². The Morgan fingerprint density at radius 1 is 1.29 bits per heavy atom. The molecule has 0 radical (unpaired) electrons. The topological polar surface area (TPSA) is 162 Å². The number of hydrogen-bond acceptors (Lipinski definition) is 8. The Bertz CT molecular complexity index is 1520. The van der Waals surface area contributed by atoms with Crippen LogP contribution in [0.1, 0.15) is 59.7 Å². The predicted molar refractivity (Wildman–Crippen MR) is 146 cm³/mol. The maximum atomic E-state index is 14.1. The number of primary amides is 1. The Morgan fingerprint density at radius 2 is 2.12 bits per heavy atom. The summed E-state index contributed by atoms with van der Waals surface area (Å²) in [6.45, 7) is 6.23. The molecule has 3 aromatic rings. The molecule has 6 atom stereocenters. The number of rotatable bonds is 8. The fourth-order valence-electron chi connectivity index (χ4n) is 6.77. The summed E-state index contributed by atoms with van der Waals surface area (Å²) < 4.78 is 25.0. The Balaban J connectivity index is 1.18. The second-order valence-corrected chi connectivity index (χ2v) is 11.5. The normalized spacial score (nSPS) is 27.3. The molecule has 11 nitrogen and oxygen atoms in total. The molecule has 4 N–H and O–H groups in total. The molecule has 2 aliphatic carbocycles. The van der Waals surface area contributed by atoms with Crippen molar-refractivity contribution < 1.29 is 23.3 Å². The van der Waals surface area contributed by atoms with Crippen molar-refractivity contribution in [3.8, 4) is 11.3 Å². The Morgan fingerprint density at radius 3 is 2.83 bits per heavy atom. The van der Waals surface area contributed by atoms with Gasteiger partial charge in [0.25, 0.3) is 5.91 Å². The third kappa shape index (κ3) is 4.96. The van der Waals surface area contributed by atoms with Gasteiger partial charge in [-0.15, -0.1) is 0 Å². The summed E-state index contributed by atoms with van der Waals surface area (Å²) in [5.74, 6) is -1.30. The Hall–Kier alpha value is -4.19. The highest BCUT2D eigenvalue weighted by molar-refractivity contribution is 5.92. The standard InChI is InChI=1S/C29H32FN7O4/c1-14(26-27(28(31)39)37-41-36-26)8-17-11-29(17)13-40-23-9-18(30)4-6-20(23)21(29)10-24(38)33-19-5-7-22(32-12-19)25-15(2)34-35-16(25)3/h4-7,9,12,14,17,20-21,23H,8,10-11,13H2,1-3H3,(H2,31,39)(H,33,38)(H,34,35). The van der Waals surface area contributed by atoms with Crippen molar-refractivity contribution in [3.63, 3.8) is 0 Å². The first-order chi connectivity index (χ1) is 19.7. The number of hydrogen-bond donors (Lipinski definition) is 3. The summed E-state index contributed by atoms with van der Waals surface area (Å²) in [7, 11) is 0. The molecule has 214 valence electrons. The first-order valence-electron chi connectivity index (χ1n) is 13.7. The van der Waals surface area contributed by atoms with Crippen molar-refractivity contribution >= 4 is 17.5 Å². The Kier molecular flexibility index (Phi) is 6.80. The van der Waals surface area contributed by atoms with Crippen molar-refractivity contribution in [2.24, 2.45) is 28.9 Å². The minimum atomic E-state index is -0.685. The van der Waals surface area contributed by atoms with E-state index in [9.17, 15) is 14.0 Å². The number of fused-ring (bicyclic) bond motifs is 1. The van der Waals surface area contributed by atoms with Gasteiger partial charge < -0.3 is 15.8 Å². The third-order valence-electron chi connectivity index (χ3n) is 8.90. The number of pyridine rings is 1. The summed E-state index contributed by atoms with van der Waals surface area (Å²) in [4.78, 5) is 29.7. The van der Waals surface area contributed by atoms with E-state index in [1.807, 2.05) is 39.0 Å². The van der Waals surface area contributed by atoms with Crippen LogP contribution in [0.2, 0.25) is 0 Å². The molecule has 6 unspecified atom stereocenters. The second-order valence-electron chi connectivity index (χ2n) is 11.5. The number of allylic oxidation sites excluding steroid dienone is 2. The smallest absolute Gasteiger partial charge is 0.272 e. The molecule has 2 fully saturated rings. The number of carbonyl (C=O) groups excluding carboxylic acids is 2. The summed E-state index contributed by atoms with van der Waals surface area (Å²) in [5.41, 5.74) is 9.74. The minimum absolute atomic E-state index is 0.0385. The van der Waals surface area contributed by atoms with Gasteiger partial charge in [0.05, 0.1) is 36.0 Å². The van der Waals surface area contributed by atoms with Gasteiger partial charge in [-0.05, 0) is 68.0 Å². The van der Waals surface area contributed by atoms with E-state index < -0.39 is 12.0 Å². The van der Waals surface area contributed by atoms with Crippen molar-refractivity contribution in [2.45, 2.75) is 52.1 Å². The molecule has 1 saturated heterocycles. The van der Waals surface area contributed by atoms with Gasteiger partial charge in [0.15, 0.2) is 5.69 Å². The number of nitrogens with two attached hydrogens (primary N) is 1. The van der Waals surface area contributed by atoms with Crippen LogP contribution in [0.25, 0.3) is 11.3 Å². The number of aryl methyl sites for hydroxylation is 2. The minimum Gasteiger partial charge on any atom is -0.373 e. The van der Waals surface area contributed by atoms with Crippen molar-refractivity contribution in [1.29, 1.82) is 0 Å². The van der Waals surface area contributed by atoms with Crippen molar-refractivity contribution in [1.82, 2.24) is 25.5 Å². The van der Waals surface area contributed by atoms with Gasteiger partial charge in [0.1, 0.15) is 11.5 Å². The van der Waals surface area contributed by atoms with Crippen LogP contribution < -0.4 is 11.1 Å². The molecule has 12 heteroatoms. The zero-order valence-corrected chi connectivity index (χ0v) is 23.1. The van der Waals surface area contributed by atoms with Crippen LogP contribution in [-0.2, 0) is 9.53 Å². The molecule has 41 heavy (non-hydrogen) atoms. The molecule has 3 aromatic heterocycles. The number of nitrogens with zero attached hydrogens (tertiary/aromatic N) is 4. The van der Waals surface area contributed by atoms with Gasteiger partial charge in [-0.1, -0.05) is 18.2 Å². The zero-order chi connectivity index (χ0) is 28.9. The fraction of sp³-hybridized carbons (Fsp3) is 0.448. The van der Waals surface area contributed by atoms with E-state index in [0.717, 1.165) is 29.1 Å². The highest BCUT2D eigenvalue weighted by Gasteiger charge is 2.63. The lowest BCUT2D eigenvalue weighted by molar-refractivity contribution is -0.122. The molecule has 1 saturated carbocycles. The van der Waals surface area contributed by atoms with E-state index in [0.29, 0.717) is 24.4 Å². The lowest BCUT2D eigenvalue weighted by Crippen LogP contribution is -2.45. The highest BCUT2D eigenvalue weighted by atomic mass is 19.1. The molecular formula is C29H32FN7O4. The Labute approximate surface area is 235 Å². The zero-order valence-electron chi connectivity index (χ0n) is 23.1. The lowest BCUT2D eigenvalue weighted by atomic mass is 9.69. The number of H-pyrrole nitrogens is 1. The van der Waals surface area contributed by atoms with E-state index >= 15 is 0 Å². The van der Waals surface area contributed by atoms with E-state index in [1.165, 1.54) is 12.2 Å². The maximum Gasteiger partial charge on any atom is 0.272 e. The number of nitrogens with one attached hydrogen (secondary N) is 2. The van der Waals surface area contributed by atoms with Gasteiger partial charge >= 0.3 is 0 Å². The molecule has 0 bridgehead atoms. The number of carbonyl (C=O) groups is 2. The summed E-state index contributed by atoms with van der Waals surface area (Å²) in [6, 6.07) is 3.69. The molecular weight excluding hydrogens is 529 g/mol. The molecule has 2 amide bonds. The largest absolute Gasteiger partial charge is 0.373 e. The van der Waals surface area contributed by atoms with Gasteiger partial charge in [-0.25, -0.2) is 9.02 Å². The van der Waals surface area contributed by atoms with Crippen molar-refractivity contribution in [2.75, 3.05) is 11.9 Å². The number of ether oxygens (including phenoxy) is 1. The number of anilines is 1. The van der Waals surface area contributed by atoms with Gasteiger partial charge in [0.2, 0.25) is 5.91 Å². The maximum absolute atomic E-state index is 14.1. The van der Waals surface area contributed by atoms with Crippen LogP contribution >= 0.6 is 0 Å². The van der Waals surface area contributed by atoms with Crippen LogP contribution in [0.3, 0.4) is 0 Å². The lowest BCUT2D eigenvalue weighted by Gasteiger charge is -2.43. The van der Waals surface area contributed by atoms with Crippen molar-refractivity contribution in [3.05, 3.63) is 65.2 Å². The first kappa shape index (κ1) is 27.0. The highest BCUT2D eigenvalue weighted by Crippen LogP contribution is 2.66. The quantitative estimate of drug-likeness (QED) is 0.369. The van der Waals surface area contributed by atoms with E-state index in [4.69, 9.17) is 15.1 Å². The number of halogens is 1. The molecule has 4 heterocycles. The molecule has 6 rings (SSSR count). The summed E-state index contributed by atoms with van der Waals surface area (Å²) >= 11 is 0. The monoisotopic (exact) mass is 561 g/mol. The molecule has 3 aliphatic rings. The average Bonchev–Trinajstić information content (AvgIpc) is 3.23. The number of aromatic nitrogens is 5. The van der Waals surface area contributed by atoms with Crippen LogP contribution in [0.15, 0.2) is 47.0 Å².